The Balaban J connectivity index is 2.31. The molecule has 5 nitrogen and oxygen atoms in total. The fourth-order valence-corrected chi connectivity index (χ4v) is 2.45. The molecule has 0 aromatic carbocycles. The first kappa shape index (κ1) is 13.7. The first-order valence-corrected chi connectivity index (χ1v) is 7.01. The molecule has 0 aliphatic heterocycles. The van der Waals surface area contributed by atoms with E-state index in [4.69, 9.17) is 9.68 Å². The van der Waals surface area contributed by atoms with Crippen LogP contribution >= 0.6 is 11.8 Å². The summed E-state index contributed by atoms with van der Waals surface area (Å²) in [4.78, 5) is 0. The minimum atomic E-state index is -0.153. The molecule has 0 saturated carbocycles. The maximum Gasteiger partial charge on any atom is 0.192 e. The van der Waals surface area contributed by atoms with Gasteiger partial charge in [-0.05, 0) is 19.1 Å². The summed E-state index contributed by atoms with van der Waals surface area (Å²) in [6, 6.07) is 5.98. The molecule has 0 saturated heterocycles. The van der Waals surface area contributed by atoms with Crippen LogP contribution in [0.15, 0.2) is 28.0 Å². The lowest BCUT2D eigenvalue weighted by molar-refractivity contribution is 0.475. The highest BCUT2D eigenvalue weighted by atomic mass is 32.2. The molecule has 0 spiro atoms. The number of furan rings is 1. The molecule has 0 bridgehead atoms. The van der Waals surface area contributed by atoms with Crippen molar-refractivity contribution in [1.29, 1.82) is 5.26 Å². The largest absolute Gasteiger partial charge is 0.467 e. The number of hydrogen-bond acceptors (Lipinski definition) is 5. The van der Waals surface area contributed by atoms with Crippen LogP contribution in [0.1, 0.15) is 38.3 Å². The van der Waals surface area contributed by atoms with Crippen LogP contribution in [0.2, 0.25) is 0 Å². The molecular formula is C13H16N4OS. The summed E-state index contributed by atoms with van der Waals surface area (Å²) in [5.74, 6) is 2.03. The highest BCUT2D eigenvalue weighted by Crippen LogP contribution is 2.25. The van der Waals surface area contributed by atoms with Crippen molar-refractivity contribution in [2.75, 3.05) is 0 Å². The third-order valence-electron chi connectivity index (χ3n) is 2.62. The summed E-state index contributed by atoms with van der Waals surface area (Å²) in [6.07, 6.45) is 1.65. The first-order chi connectivity index (χ1) is 9.11. The van der Waals surface area contributed by atoms with Crippen molar-refractivity contribution in [3.8, 4) is 6.07 Å². The molecule has 0 aliphatic rings. The van der Waals surface area contributed by atoms with Crippen molar-refractivity contribution in [1.82, 2.24) is 14.8 Å². The fourth-order valence-electron chi connectivity index (χ4n) is 1.71. The number of hydrogen-bond donors (Lipinski definition) is 0. The van der Waals surface area contributed by atoms with E-state index >= 15 is 0 Å². The van der Waals surface area contributed by atoms with E-state index in [0.29, 0.717) is 6.54 Å². The van der Waals surface area contributed by atoms with Gasteiger partial charge in [0, 0.05) is 5.92 Å². The summed E-state index contributed by atoms with van der Waals surface area (Å²) >= 11 is 1.42. The Morgan fingerprint density at radius 1 is 1.42 bits per heavy atom. The lowest BCUT2D eigenvalue weighted by Gasteiger charge is -2.10. The van der Waals surface area contributed by atoms with E-state index in [1.807, 2.05) is 23.6 Å². The first-order valence-electron chi connectivity index (χ1n) is 6.13. The number of thioether (sulfide) groups is 1. The normalized spacial score (nSPS) is 12.6. The van der Waals surface area contributed by atoms with Gasteiger partial charge >= 0.3 is 0 Å². The molecule has 0 amide bonds. The maximum atomic E-state index is 8.91. The van der Waals surface area contributed by atoms with E-state index in [1.165, 1.54) is 11.8 Å². The fraction of sp³-hybridized carbons (Fsp3) is 0.462. The van der Waals surface area contributed by atoms with Crippen LogP contribution in [0.4, 0.5) is 0 Å². The van der Waals surface area contributed by atoms with Crippen LogP contribution in [0.3, 0.4) is 0 Å². The van der Waals surface area contributed by atoms with Crippen LogP contribution in [0.25, 0.3) is 0 Å². The molecule has 0 aliphatic carbocycles. The Hall–Kier alpha value is -1.74. The minimum Gasteiger partial charge on any atom is -0.467 e. The molecule has 19 heavy (non-hydrogen) atoms. The van der Waals surface area contributed by atoms with E-state index < -0.39 is 0 Å². The summed E-state index contributed by atoms with van der Waals surface area (Å²) in [5, 5.41) is 17.9. The van der Waals surface area contributed by atoms with Crippen LogP contribution < -0.4 is 0 Å². The number of aromatic nitrogens is 3. The summed E-state index contributed by atoms with van der Waals surface area (Å²) in [6.45, 7) is 6.59. The maximum absolute atomic E-state index is 8.91. The summed E-state index contributed by atoms with van der Waals surface area (Å²) < 4.78 is 7.39. The van der Waals surface area contributed by atoms with Crippen molar-refractivity contribution < 1.29 is 4.42 Å². The number of rotatable bonds is 5. The van der Waals surface area contributed by atoms with E-state index in [9.17, 15) is 0 Å². The van der Waals surface area contributed by atoms with E-state index in [-0.39, 0.29) is 11.2 Å². The quantitative estimate of drug-likeness (QED) is 0.785. The van der Waals surface area contributed by atoms with Gasteiger partial charge in [-0.1, -0.05) is 25.6 Å². The smallest absolute Gasteiger partial charge is 0.192 e. The zero-order valence-electron chi connectivity index (χ0n) is 11.2. The number of nitriles is 1. The zero-order chi connectivity index (χ0) is 13.8. The SMILES string of the molecule is CC(C)c1nnc(S[C@H](C)C#N)n1Cc1ccco1. The van der Waals surface area contributed by atoms with Crippen LogP contribution in [0.5, 0.6) is 0 Å². The second-order valence-corrected chi connectivity index (χ2v) is 5.86. The molecular weight excluding hydrogens is 260 g/mol. The standard InChI is InChI=1S/C13H16N4OS/c1-9(2)12-15-16-13(19-10(3)7-14)17(12)8-11-5-4-6-18-11/h4-6,9-10H,8H2,1-3H3/t10-/m1/s1. The van der Waals surface area contributed by atoms with Gasteiger partial charge in [0.1, 0.15) is 11.6 Å². The Morgan fingerprint density at radius 2 is 2.21 bits per heavy atom. The third kappa shape index (κ3) is 3.18. The van der Waals surface area contributed by atoms with Crippen LogP contribution in [0, 0.1) is 11.3 Å². The third-order valence-corrected chi connectivity index (χ3v) is 3.59. The molecule has 6 heteroatoms. The zero-order valence-corrected chi connectivity index (χ0v) is 12.0. The Labute approximate surface area is 116 Å². The van der Waals surface area contributed by atoms with Crippen molar-refractivity contribution in [3.63, 3.8) is 0 Å². The molecule has 2 heterocycles. The second-order valence-electron chi connectivity index (χ2n) is 4.55. The van der Waals surface area contributed by atoms with Gasteiger partial charge in [0.2, 0.25) is 0 Å². The highest BCUT2D eigenvalue weighted by Gasteiger charge is 2.18. The van der Waals surface area contributed by atoms with Crippen LogP contribution in [-0.4, -0.2) is 20.0 Å². The average Bonchev–Trinajstić information content (AvgIpc) is 3.00. The molecule has 2 aromatic rings. The lowest BCUT2D eigenvalue weighted by Crippen LogP contribution is -2.08. The Bertz CT molecular complexity index is 568. The summed E-state index contributed by atoms with van der Waals surface area (Å²) in [5.41, 5.74) is 0. The van der Waals surface area contributed by atoms with Crippen molar-refractivity contribution in [2.24, 2.45) is 0 Å². The van der Waals surface area contributed by atoms with Crippen molar-refractivity contribution in [3.05, 3.63) is 30.0 Å². The minimum absolute atomic E-state index is 0.153. The highest BCUT2D eigenvalue weighted by molar-refractivity contribution is 8.00. The van der Waals surface area contributed by atoms with Gasteiger partial charge in [0.15, 0.2) is 5.16 Å². The van der Waals surface area contributed by atoms with Gasteiger partial charge < -0.3 is 4.42 Å². The second kappa shape index (κ2) is 5.93. The molecule has 100 valence electrons. The molecule has 0 fully saturated rings. The summed E-state index contributed by atoms with van der Waals surface area (Å²) in [7, 11) is 0. The molecule has 2 rings (SSSR count). The molecule has 0 radical (unpaired) electrons. The monoisotopic (exact) mass is 276 g/mol. The number of nitrogens with zero attached hydrogens (tertiary/aromatic N) is 4. The van der Waals surface area contributed by atoms with Gasteiger partial charge in [-0.2, -0.15) is 5.26 Å². The van der Waals surface area contributed by atoms with E-state index in [1.54, 1.807) is 6.26 Å². The topological polar surface area (TPSA) is 67.6 Å². The van der Waals surface area contributed by atoms with Gasteiger partial charge in [-0.3, -0.25) is 4.57 Å². The van der Waals surface area contributed by atoms with Gasteiger partial charge in [-0.25, -0.2) is 0 Å². The Kier molecular flexibility index (Phi) is 4.27. The lowest BCUT2D eigenvalue weighted by atomic mass is 10.2. The molecule has 2 aromatic heterocycles. The van der Waals surface area contributed by atoms with Gasteiger partial charge in [-0.15, -0.1) is 10.2 Å². The molecule has 1 atom stereocenters. The van der Waals surface area contributed by atoms with Gasteiger partial charge in [0.25, 0.3) is 0 Å². The predicted octanol–water partition coefficient (Wildman–Crippen LogP) is 3.05. The average molecular weight is 276 g/mol. The van der Waals surface area contributed by atoms with Crippen molar-refractivity contribution in [2.45, 2.75) is 43.6 Å². The van der Waals surface area contributed by atoms with Crippen molar-refractivity contribution >= 4 is 11.8 Å². The van der Waals surface area contributed by atoms with E-state index in [2.05, 4.69) is 30.1 Å². The van der Waals surface area contributed by atoms with Crippen LogP contribution in [-0.2, 0) is 6.54 Å². The molecule has 0 unspecified atom stereocenters. The van der Waals surface area contributed by atoms with Gasteiger partial charge in [0.05, 0.1) is 24.1 Å². The predicted molar refractivity (Wildman–Crippen MR) is 72.9 cm³/mol. The molecule has 0 N–H and O–H groups in total. The Morgan fingerprint density at radius 3 is 2.79 bits per heavy atom. The van der Waals surface area contributed by atoms with E-state index in [0.717, 1.165) is 16.7 Å².